The molecule has 4 nitrogen and oxygen atoms in total. The van der Waals surface area contributed by atoms with E-state index in [1.54, 1.807) is 0 Å². The average Bonchev–Trinajstić information content (AvgIpc) is 2.64. The number of hydrogen-bond acceptors (Lipinski definition) is 4. The van der Waals surface area contributed by atoms with Crippen LogP contribution >= 0.6 is 0 Å². The molecule has 0 N–H and O–H groups in total. The van der Waals surface area contributed by atoms with E-state index in [-0.39, 0.29) is 18.1 Å². The van der Waals surface area contributed by atoms with Crippen LogP contribution in [0.15, 0.2) is 48.7 Å². The van der Waals surface area contributed by atoms with Gasteiger partial charge in [0.15, 0.2) is 0 Å². The second kappa shape index (κ2) is 8.17. The normalized spacial score (nSPS) is 17.5. The summed E-state index contributed by atoms with van der Waals surface area (Å²) in [4.78, 5) is 5.89. The lowest BCUT2D eigenvalue weighted by Gasteiger charge is -2.39. The van der Waals surface area contributed by atoms with Gasteiger partial charge in [-0.15, -0.1) is 0 Å². The maximum absolute atomic E-state index is 13.0. The van der Waals surface area contributed by atoms with Crippen LogP contribution in [0.25, 0.3) is 0 Å². The van der Waals surface area contributed by atoms with E-state index in [1.807, 2.05) is 30.3 Å². The van der Waals surface area contributed by atoms with Crippen molar-refractivity contribution in [2.45, 2.75) is 31.5 Å². The van der Waals surface area contributed by atoms with Gasteiger partial charge in [-0.2, -0.15) is 13.2 Å². The molecular formula is C20H23F3N2O2. The molecule has 0 aliphatic carbocycles. The summed E-state index contributed by atoms with van der Waals surface area (Å²) in [6, 6.07) is 12.0. The second-order valence-electron chi connectivity index (χ2n) is 6.91. The highest BCUT2D eigenvalue weighted by molar-refractivity contribution is 5.28. The van der Waals surface area contributed by atoms with Crippen molar-refractivity contribution in [2.75, 3.05) is 26.2 Å². The Balaban J connectivity index is 1.47. The van der Waals surface area contributed by atoms with Crippen LogP contribution in [0.5, 0.6) is 11.6 Å². The van der Waals surface area contributed by atoms with Crippen molar-refractivity contribution in [2.24, 2.45) is 0 Å². The molecule has 0 bridgehead atoms. The largest absolute Gasteiger partial charge is 0.487 e. The molecule has 2 heterocycles. The van der Waals surface area contributed by atoms with E-state index in [1.165, 1.54) is 12.3 Å². The third kappa shape index (κ3) is 5.35. The van der Waals surface area contributed by atoms with E-state index in [0.717, 1.165) is 37.7 Å². The van der Waals surface area contributed by atoms with Crippen molar-refractivity contribution in [3.63, 3.8) is 0 Å². The first kappa shape index (κ1) is 19.5. The lowest BCUT2D eigenvalue weighted by atomic mass is 9.93. The summed E-state index contributed by atoms with van der Waals surface area (Å²) in [6.45, 7) is 4.42. The topological polar surface area (TPSA) is 34.6 Å². The van der Waals surface area contributed by atoms with E-state index < -0.39 is 11.7 Å². The summed E-state index contributed by atoms with van der Waals surface area (Å²) in [7, 11) is 0. The van der Waals surface area contributed by atoms with Gasteiger partial charge in [0.25, 0.3) is 0 Å². The Bertz CT molecular complexity index is 730. The maximum atomic E-state index is 13.0. The molecule has 0 saturated carbocycles. The van der Waals surface area contributed by atoms with Crippen molar-refractivity contribution < 1.29 is 22.6 Å². The summed E-state index contributed by atoms with van der Waals surface area (Å²) >= 11 is 0. The minimum atomic E-state index is -4.47. The molecular weight excluding hydrogens is 357 g/mol. The Hall–Kier alpha value is -2.28. The quantitative estimate of drug-likeness (QED) is 0.743. The Morgan fingerprint density at radius 3 is 2.44 bits per heavy atom. The van der Waals surface area contributed by atoms with Gasteiger partial charge in [0.1, 0.15) is 23.5 Å². The monoisotopic (exact) mass is 380 g/mol. The zero-order valence-electron chi connectivity index (χ0n) is 15.2. The summed E-state index contributed by atoms with van der Waals surface area (Å²) < 4.78 is 50.3. The van der Waals surface area contributed by atoms with Crippen LogP contribution in [-0.4, -0.2) is 41.7 Å². The third-order valence-electron chi connectivity index (χ3n) is 4.74. The van der Waals surface area contributed by atoms with Crippen molar-refractivity contribution in [3.8, 4) is 11.6 Å². The van der Waals surface area contributed by atoms with Gasteiger partial charge < -0.3 is 9.47 Å². The number of ether oxygens (including phenoxy) is 2. The smallest absolute Gasteiger partial charge is 0.421 e. The first-order chi connectivity index (χ1) is 12.9. The highest BCUT2D eigenvalue weighted by atomic mass is 19.4. The number of pyridine rings is 1. The van der Waals surface area contributed by atoms with Crippen LogP contribution < -0.4 is 9.47 Å². The van der Waals surface area contributed by atoms with Crippen LogP contribution in [0.4, 0.5) is 13.2 Å². The van der Waals surface area contributed by atoms with Crippen LogP contribution in [-0.2, 0) is 6.18 Å². The molecule has 0 unspecified atom stereocenters. The lowest BCUT2D eigenvalue weighted by molar-refractivity contribution is -0.139. The van der Waals surface area contributed by atoms with Gasteiger partial charge >= 0.3 is 6.18 Å². The van der Waals surface area contributed by atoms with Crippen molar-refractivity contribution in [3.05, 3.63) is 54.2 Å². The fourth-order valence-corrected chi connectivity index (χ4v) is 3.12. The van der Waals surface area contributed by atoms with Crippen LogP contribution in [0.3, 0.4) is 0 Å². The Morgan fingerprint density at radius 2 is 1.78 bits per heavy atom. The van der Waals surface area contributed by atoms with Gasteiger partial charge in [-0.25, -0.2) is 4.98 Å². The minimum Gasteiger partial charge on any atom is -0.487 e. The molecule has 2 aromatic rings. The molecule has 1 aliphatic rings. The lowest BCUT2D eigenvalue weighted by Crippen LogP contribution is -2.47. The molecule has 0 spiro atoms. The van der Waals surface area contributed by atoms with Crippen molar-refractivity contribution in [1.29, 1.82) is 0 Å². The Labute approximate surface area is 156 Å². The van der Waals surface area contributed by atoms with Gasteiger partial charge in [-0.05, 0) is 44.0 Å². The van der Waals surface area contributed by atoms with Crippen molar-refractivity contribution >= 4 is 0 Å². The number of rotatable bonds is 6. The highest BCUT2D eigenvalue weighted by Gasteiger charge is 2.35. The fraction of sp³-hybridized carbons (Fsp3) is 0.450. The number of hydrogen-bond donors (Lipinski definition) is 0. The average molecular weight is 380 g/mol. The molecule has 0 amide bonds. The molecule has 0 atom stereocenters. The standard InChI is InChI=1S/C20H23F3N2O2/c1-19(27-16-6-3-2-4-7-16)9-12-25(13-10-19)14-15-26-18-17(20(21,22)23)8-5-11-24-18/h2-8,11H,9-10,12-15H2,1H3. The van der Waals surface area contributed by atoms with E-state index in [2.05, 4.69) is 16.8 Å². The zero-order chi connectivity index (χ0) is 19.3. The first-order valence-electron chi connectivity index (χ1n) is 8.97. The van der Waals surface area contributed by atoms with Gasteiger partial charge in [-0.1, -0.05) is 18.2 Å². The van der Waals surface area contributed by atoms with Gasteiger partial charge in [0, 0.05) is 25.8 Å². The number of nitrogens with zero attached hydrogens (tertiary/aromatic N) is 2. The summed E-state index contributed by atoms with van der Waals surface area (Å²) in [5.41, 5.74) is -1.07. The number of likely N-dealkylation sites (tertiary alicyclic amines) is 1. The highest BCUT2D eigenvalue weighted by Crippen LogP contribution is 2.34. The molecule has 146 valence electrons. The van der Waals surface area contributed by atoms with Crippen LogP contribution in [0.2, 0.25) is 0 Å². The van der Waals surface area contributed by atoms with Gasteiger partial charge in [-0.3, -0.25) is 4.90 Å². The van der Waals surface area contributed by atoms with Crippen LogP contribution in [0.1, 0.15) is 25.3 Å². The molecule has 1 saturated heterocycles. The predicted molar refractivity (Wildman–Crippen MR) is 95.9 cm³/mol. The molecule has 3 rings (SSSR count). The molecule has 1 aromatic heterocycles. The van der Waals surface area contributed by atoms with E-state index in [9.17, 15) is 13.2 Å². The molecule has 0 radical (unpaired) electrons. The van der Waals surface area contributed by atoms with Gasteiger partial charge in [0.05, 0.1) is 0 Å². The zero-order valence-corrected chi connectivity index (χ0v) is 15.2. The molecule has 1 fully saturated rings. The van der Waals surface area contributed by atoms with E-state index in [4.69, 9.17) is 9.47 Å². The third-order valence-corrected chi connectivity index (χ3v) is 4.74. The fourth-order valence-electron chi connectivity index (χ4n) is 3.12. The maximum Gasteiger partial charge on any atom is 0.421 e. The van der Waals surface area contributed by atoms with E-state index in [0.29, 0.717) is 6.54 Å². The number of benzene rings is 1. The number of alkyl halides is 3. The predicted octanol–water partition coefficient (Wildman–Crippen LogP) is 4.41. The van der Waals surface area contributed by atoms with Crippen molar-refractivity contribution in [1.82, 2.24) is 9.88 Å². The summed E-state index contributed by atoms with van der Waals surface area (Å²) in [5, 5.41) is 0. The number of aromatic nitrogens is 1. The number of piperidine rings is 1. The minimum absolute atomic E-state index is 0.163. The second-order valence-corrected chi connectivity index (χ2v) is 6.91. The Kier molecular flexibility index (Phi) is 5.89. The summed E-state index contributed by atoms with van der Waals surface area (Å²) in [6.07, 6.45) is -1.47. The summed E-state index contributed by atoms with van der Waals surface area (Å²) in [5.74, 6) is 0.492. The molecule has 1 aromatic carbocycles. The SMILES string of the molecule is CC1(Oc2ccccc2)CCN(CCOc2ncccc2C(F)(F)F)CC1. The number of halogens is 3. The number of para-hydroxylation sites is 1. The van der Waals surface area contributed by atoms with E-state index >= 15 is 0 Å². The first-order valence-corrected chi connectivity index (χ1v) is 8.97. The molecule has 1 aliphatic heterocycles. The van der Waals surface area contributed by atoms with Gasteiger partial charge in [0.2, 0.25) is 5.88 Å². The van der Waals surface area contributed by atoms with Crippen LogP contribution in [0, 0.1) is 0 Å². The Morgan fingerprint density at radius 1 is 1.07 bits per heavy atom. The molecule has 7 heteroatoms. The molecule has 27 heavy (non-hydrogen) atoms.